The summed E-state index contributed by atoms with van der Waals surface area (Å²) in [7, 11) is 0. The summed E-state index contributed by atoms with van der Waals surface area (Å²) in [5, 5.41) is 3.44. The lowest BCUT2D eigenvalue weighted by atomic mass is 9.86. The lowest BCUT2D eigenvalue weighted by Crippen LogP contribution is -2.58. The highest BCUT2D eigenvalue weighted by atomic mass is 19.3. The summed E-state index contributed by atoms with van der Waals surface area (Å²) in [5.41, 5.74) is 0.181. The second-order valence-corrected chi connectivity index (χ2v) is 5.18. The van der Waals surface area contributed by atoms with E-state index in [1.165, 1.54) is 0 Å². The number of nitrogens with one attached hydrogen (secondary N) is 1. The van der Waals surface area contributed by atoms with E-state index >= 15 is 0 Å². The predicted octanol–water partition coefficient (Wildman–Crippen LogP) is 1.44. The van der Waals surface area contributed by atoms with Crippen molar-refractivity contribution in [2.75, 3.05) is 19.7 Å². The van der Waals surface area contributed by atoms with Crippen LogP contribution >= 0.6 is 0 Å². The first-order chi connectivity index (χ1) is 7.52. The van der Waals surface area contributed by atoms with Crippen LogP contribution < -0.4 is 5.32 Å². The molecule has 0 saturated carbocycles. The zero-order chi connectivity index (χ0) is 11.8. The van der Waals surface area contributed by atoms with Gasteiger partial charge in [-0.25, -0.2) is 0 Å². The van der Waals surface area contributed by atoms with Gasteiger partial charge in [0, 0.05) is 24.2 Å². The Bertz CT molecular complexity index is 244. The SMILES string of the molecule is CC(C)N1CC2(CCN2)CC1COC(F)F. The normalized spacial score (nSPS) is 35.2. The van der Waals surface area contributed by atoms with Crippen molar-refractivity contribution in [1.29, 1.82) is 0 Å². The Hall–Kier alpha value is -0.260. The van der Waals surface area contributed by atoms with Crippen LogP contribution in [0.25, 0.3) is 0 Å². The Labute approximate surface area is 95.1 Å². The fraction of sp³-hybridized carbons (Fsp3) is 1.00. The summed E-state index contributed by atoms with van der Waals surface area (Å²) in [5.74, 6) is 0. The number of likely N-dealkylation sites (tertiary alicyclic amines) is 1. The van der Waals surface area contributed by atoms with Gasteiger partial charge in [0.1, 0.15) is 0 Å². The van der Waals surface area contributed by atoms with E-state index in [1.54, 1.807) is 0 Å². The van der Waals surface area contributed by atoms with Gasteiger partial charge in [0.25, 0.3) is 0 Å². The van der Waals surface area contributed by atoms with Gasteiger partial charge in [0.15, 0.2) is 0 Å². The van der Waals surface area contributed by atoms with Crippen molar-refractivity contribution >= 4 is 0 Å². The number of rotatable bonds is 4. The van der Waals surface area contributed by atoms with Crippen LogP contribution in [0.3, 0.4) is 0 Å². The van der Waals surface area contributed by atoms with Crippen molar-refractivity contribution in [3.8, 4) is 0 Å². The summed E-state index contributed by atoms with van der Waals surface area (Å²) in [6.07, 6.45) is 2.08. The summed E-state index contributed by atoms with van der Waals surface area (Å²) in [6.45, 7) is 3.70. The molecule has 2 fully saturated rings. The highest BCUT2D eigenvalue weighted by Gasteiger charge is 2.48. The summed E-state index contributed by atoms with van der Waals surface area (Å²) >= 11 is 0. The summed E-state index contributed by atoms with van der Waals surface area (Å²) < 4.78 is 28.6. The van der Waals surface area contributed by atoms with Gasteiger partial charge in [-0.1, -0.05) is 0 Å². The van der Waals surface area contributed by atoms with E-state index in [1.807, 2.05) is 0 Å². The number of alkyl halides is 2. The Balaban J connectivity index is 1.93. The zero-order valence-electron chi connectivity index (χ0n) is 9.88. The third-order valence-electron chi connectivity index (χ3n) is 3.76. The molecular weight excluding hydrogens is 214 g/mol. The predicted molar refractivity (Wildman–Crippen MR) is 57.6 cm³/mol. The van der Waals surface area contributed by atoms with Gasteiger partial charge in [0.05, 0.1) is 6.61 Å². The van der Waals surface area contributed by atoms with E-state index in [-0.39, 0.29) is 18.2 Å². The molecule has 1 N–H and O–H groups in total. The van der Waals surface area contributed by atoms with Gasteiger partial charge in [-0.2, -0.15) is 8.78 Å². The first-order valence-electron chi connectivity index (χ1n) is 5.93. The van der Waals surface area contributed by atoms with E-state index < -0.39 is 6.61 Å². The molecule has 0 aromatic heterocycles. The number of halogens is 2. The number of hydrogen-bond acceptors (Lipinski definition) is 3. The van der Waals surface area contributed by atoms with Crippen LogP contribution in [0.4, 0.5) is 8.78 Å². The molecule has 94 valence electrons. The van der Waals surface area contributed by atoms with Crippen LogP contribution in [0.2, 0.25) is 0 Å². The molecule has 3 nitrogen and oxygen atoms in total. The lowest BCUT2D eigenvalue weighted by molar-refractivity contribution is -0.140. The molecule has 0 aromatic carbocycles. The topological polar surface area (TPSA) is 24.5 Å². The van der Waals surface area contributed by atoms with Crippen LogP contribution in [0.5, 0.6) is 0 Å². The molecular formula is C11H20F2N2O. The first-order valence-corrected chi connectivity index (χ1v) is 5.93. The summed E-state index contributed by atoms with van der Waals surface area (Å²) in [4.78, 5) is 2.27. The van der Waals surface area contributed by atoms with Crippen molar-refractivity contribution in [3.05, 3.63) is 0 Å². The Morgan fingerprint density at radius 2 is 2.19 bits per heavy atom. The molecule has 2 atom stereocenters. The molecule has 2 aliphatic heterocycles. The maximum Gasteiger partial charge on any atom is 0.345 e. The molecule has 0 aromatic rings. The molecule has 2 rings (SSSR count). The van der Waals surface area contributed by atoms with E-state index in [4.69, 9.17) is 0 Å². The summed E-state index contributed by atoms with van der Waals surface area (Å²) in [6, 6.07) is 0.509. The smallest absolute Gasteiger partial charge is 0.321 e. The third-order valence-corrected chi connectivity index (χ3v) is 3.76. The first kappa shape index (κ1) is 12.2. The maximum atomic E-state index is 12.0. The fourth-order valence-corrected chi connectivity index (χ4v) is 2.84. The minimum absolute atomic E-state index is 0.127. The monoisotopic (exact) mass is 234 g/mol. The minimum atomic E-state index is -2.65. The van der Waals surface area contributed by atoms with Crippen LogP contribution in [0.15, 0.2) is 0 Å². The highest BCUT2D eigenvalue weighted by molar-refractivity contribution is 5.08. The molecule has 0 aliphatic carbocycles. The molecule has 2 saturated heterocycles. The number of nitrogens with zero attached hydrogens (tertiary/aromatic N) is 1. The minimum Gasteiger partial charge on any atom is -0.321 e. The van der Waals surface area contributed by atoms with E-state index in [0.717, 1.165) is 25.9 Å². The molecule has 0 amide bonds. The lowest BCUT2D eigenvalue weighted by Gasteiger charge is -2.40. The Morgan fingerprint density at radius 3 is 2.62 bits per heavy atom. The van der Waals surface area contributed by atoms with E-state index in [2.05, 4.69) is 28.8 Å². The van der Waals surface area contributed by atoms with Crippen molar-refractivity contribution in [2.24, 2.45) is 0 Å². The second kappa shape index (κ2) is 4.55. The Kier molecular flexibility index (Phi) is 3.47. The molecule has 0 bridgehead atoms. The molecule has 2 unspecified atom stereocenters. The molecule has 5 heteroatoms. The standard InChI is InChI=1S/C11H20F2N2O/c1-8(2)15-7-11(3-4-14-11)5-9(15)6-16-10(12)13/h8-10,14H,3-7H2,1-2H3. The van der Waals surface area contributed by atoms with Crippen LogP contribution in [-0.2, 0) is 4.74 Å². The quantitative estimate of drug-likeness (QED) is 0.796. The van der Waals surface area contributed by atoms with E-state index in [9.17, 15) is 8.78 Å². The van der Waals surface area contributed by atoms with Crippen molar-refractivity contribution in [1.82, 2.24) is 10.2 Å². The van der Waals surface area contributed by atoms with Crippen molar-refractivity contribution < 1.29 is 13.5 Å². The van der Waals surface area contributed by atoms with Crippen molar-refractivity contribution in [3.63, 3.8) is 0 Å². The number of ether oxygens (including phenoxy) is 1. The third kappa shape index (κ3) is 2.36. The van der Waals surface area contributed by atoms with Gasteiger partial charge in [-0.15, -0.1) is 0 Å². The molecule has 2 heterocycles. The highest BCUT2D eigenvalue weighted by Crippen LogP contribution is 2.35. The average Bonchev–Trinajstić information content (AvgIpc) is 2.53. The van der Waals surface area contributed by atoms with Gasteiger partial charge in [-0.3, -0.25) is 4.90 Å². The average molecular weight is 234 g/mol. The van der Waals surface area contributed by atoms with E-state index in [0.29, 0.717) is 6.04 Å². The number of hydrogen-bond donors (Lipinski definition) is 1. The van der Waals surface area contributed by atoms with Gasteiger partial charge < -0.3 is 10.1 Å². The van der Waals surface area contributed by atoms with Crippen LogP contribution in [0.1, 0.15) is 26.7 Å². The largest absolute Gasteiger partial charge is 0.345 e. The van der Waals surface area contributed by atoms with Gasteiger partial charge in [-0.05, 0) is 33.2 Å². The van der Waals surface area contributed by atoms with Crippen LogP contribution in [-0.4, -0.2) is 48.8 Å². The molecule has 0 radical (unpaired) electrons. The van der Waals surface area contributed by atoms with Crippen molar-refractivity contribution in [2.45, 2.75) is 50.9 Å². The van der Waals surface area contributed by atoms with Gasteiger partial charge >= 0.3 is 6.61 Å². The molecule has 1 spiro atoms. The van der Waals surface area contributed by atoms with Gasteiger partial charge in [0.2, 0.25) is 0 Å². The maximum absolute atomic E-state index is 12.0. The zero-order valence-corrected chi connectivity index (χ0v) is 9.88. The Morgan fingerprint density at radius 1 is 1.50 bits per heavy atom. The fourth-order valence-electron chi connectivity index (χ4n) is 2.84. The molecule has 16 heavy (non-hydrogen) atoms. The second-order valence-electron chi connectivity index (χ2n) is 5.18. The van der Waals surface area contributed by atoms with Crippen LogP contribution in [0, 0.1) is 0 Å². The molecule has 2 aliphatic rings.